The van der Waals surface area contributed by atoms with Crippen LogP contribution in [0.25, 0.3) is 17.1 Å². The lowest BCUT2D eigenvalue weighted by molar-refractivity contribution is -0.126. The summed E-state index contributed by atoms with van der Waals surface area (Å²) in [6.07, 6.45) is 5.22. The van der Waals surface area contributed by atoms with Crippen LogP contribution in [-0.4, -0.2) is 27.3 Å². The molecule has 0 spiro atoms. The van der Waals surface area contributed by atoms with Crippen LogP contribution in [-0.2, 0) is 4.79 Å². The molecule has 1 unspecified atom stereocenters. The van der Waals surface area contributed by atoms with E-state index in [1.807, 2.05) is 41.3 Å². The van der Waals surface area contributed by atoms with Crippen molar-refractivity contribution in [2.75, 3.05) is 6.54 Å². The predicted octanol–water partition coefficient (Wildman–Crippen LogP) is 4.08. The van der Waals surface area contributed by atoms with E-state index in [4.69, 9.17) is 0 Å². The van der Waals surface area contributed by atoms with Gasteiger partial charge in [0.1, 0.15) is 11.6 Å². The van der Waals surface area contributed by atoms with E-state index in [2.05, 4.69) is 9.97 Å². The van der Waals surface area contributed by atoms with Gasteiger partial charge in [0, 0.05) is 12.6 Å². The molecule has 1 amide bonds. The molecule has 1 atom stereocenters. The second kappa shape index (κ2) is 6.51. The van der Waals surface area contributed by atoms with Crippen LogP contribution < -0.4 is 0 Å². The minimum Gasteiger partial charge on any atom is -0.340 e. The van der Waals surface area contributed by atoms with E-state index in [9.17, 15) is 9.18 Å². The zero-order valence-electron chi connectivity index (χ0n) is 13.7. The van der Waals surface area contributed by atoms with Gasteiger partial charge in [-0.1, -0.05) is 30.3 Å². The van der Waals surface area contributed by atoms with Gasteiger partial charge in [0.2, 0.25) is 5.91 Å². The van der Waals surface area contributed by atoms with Gasteiger partial charge >= 0.3 is 0 Å². The minimum atomic E-state index is -0.298. The number of halogens is 1. The van der Waals surface area contributed by atoms with Crippen molar-refractivity contribution in [3.63, 3.8) is 0 Å². The molecule has 0 saturated carbocycles. The number of H-pyrrole nitrogens is 1. The number of hydrogen-bond acceptors (Lipinski definition) is 2. The van der Waals surface area contributed by atoms with Gasteiger partial charge < -0.3 is 9.88 Å². The maximum Gasteiger partial charge on any atom is 0.247 e. The molecule has 1 N–H and O–H groups in total. The number of nitrogens with one attached hydrogen (secondary N) is 1. The lowest BCUT2D eigenvalue weighted by atomic mass is 10.2. The quantitative estimate of drug-likeness (QED) is 0.733. The van der Waals surface area contributed by atoms with Crippen molar-refractivity contribution >= 4 is 23.0 Å². The van der Waals surface area contributed by atoms with Crippen LogP contribution in [0.3, 0.4) is 0 Å². The number of imidazole rings is 1. The average Bonchev–Trinajstić information content (AvgIpc) is 3.26. The third-order valence-corrected chi connectivity index (χ3v) is 4.53. The predicted molar refractivity (Wildman–Crippen MR) is 95.2 cm³/mol. The average molecular weight is 335 g/mol. The van der Waals surface area contributed by atoms with E-state index in [1.54, 1.807) is 12.1 Å². The molecule has 0 bridgehead atoms. The Balaban J connectivity index is 1.56. The van der Waals surface area contributed by atoms with Crippen LogP contribution in [0.4, 0.5) is 4.39 Å². The summed E-state index contributed by atoms with van der Waals surface area (Å²) in [5.74, 6) is 0.394. The van der Waals surface area contributed by atoms with E-state index in [0.717, 1.165) is 29.7 Å². The highest BCUT2D eigenvalue weighted by Gasteiger charge is 2.31. The summed E-state index contributed by atoms with van der Waals surface area (Å²) in [5.41, 5.74) is 2.37. The fourth-order valence-electron chi connectivity index (χ4n) is 3.30. The molecule has 0 radical (unpaired) electrons. The molecular formula is C20H18FN3O. The Bertz CT molecular complexity index is 933. The van der Waals surface area contributed by atoms with E-state index >= 15 is 0 Å². The summed E-state index contributed by atoms with van der Waals surface area (Å²) >= 11 is 0. The molecule has 2 aromatic carbocycles. The van der Waals surface area contributed by atoms with E-state index in [-0.39, 0.29) is 17.8 Å². The zero-order chi connectivity index (χ0) is 17.2. The first-order valence-electron chi connectivity index (χ1n) is 8.39. The van der Waals surface area contributed by atoms with Gasteiger partial charge in [-0.3, -0.25) is 4.79 Å². The van der Waals surface area contributed by atoms with Crippen molar-refractivity contribution in [2.45, 2.75) is 18.9 Å². The Morgan fingerprint density at radius 3 is 2.92 bits per heavy atom. The van der Waals surface area contributed by atoms with Crippen LogP contribution in [0.15, 0.2) is 54.6 Å². The molecule has 4 nitrogen and oxygen atoms in total. The van der Waals surface area contributed by atoms with Crippen molar-refractivity contribution in [1.82, 2.24) is 14.9 Å². The molecule has 0 aliphatic carbocycles. The van der Waals surface area contributed by atoms with E-state index in [0.29, 0.717) is 12.1 Å². The Labute approximate surface area is 145 Å². The van der Waals surface area contributed by atoms with Gasteiger partial charge in [-0.15, -0.1) is 0 Å². The van der Waals surface area contributed by atoms with Crippen LogP contribution in [0.5, 0.6) is 0 Å². The molecule has 1 fully saturated rings. The van der Waals surface area contributed by atoms with Crippen LogP contribution in [0.2, 0.25) is 0 Å². The Morgan fingerprint density at radius 2 is 2.08 bits per heavy atom. The first-order chi connectivity index (χ1) is 12.2. The van der Waals surface area contributed by atoms with Gasteiger partial charge in [0.15, 0.2) is 0 Å². The number of nitrogens with zero attached hydrogens (tertiary/aromatic N) is 2. The molecule has 1 aliphatic rings. The molecule has 1 aromatic heterocycles. The number of carbonyl (C=O) groups excluding carboxylic acids is 1. The second-order valence-corrected chi connectivity index (χ2v) is 6.22. The third-order valence-electron chi connectivity index (χ3n) is 4.53. The van der Waals surface area contributed by atoms with Crippen molar-refractivity contribution in [1.29, 1.82) is 0 Å². The highest BCUT2D eigenvalue weighted by Crippen LogP contribution is 2.31. The van der Waals surface area contributed by atoms with Gasteiger partial charge in [0.25, 0.3) is 0 Å². The van der Waals surface area contributed by atoms with Crippen LogP contribution in [0.1, 0.15) is 30.3 Å². The number of hydrogen-bond donors (Lipinski definition) is 1. The molecule has 2 heterocycles. The molecule has 3 aromatic rings. The summed E-state index contributed by atoms with van der Waals surface area (Å²) in [7, 11) is 0. The number of fused-ring (bicyclic) bond motifs is 1. The Hall–Kier alpha value is -2.95. The molecule has 4 rings (SSSR count). The molecule has 126 valence electrons. The lowest BCUT2D eigenvalue weighted by Gasteiger charge is -2.21. The highest BCUT2D eigenvalue weighted by molar-refractivity contribution is 5.92. The van der Waals surface area contributed by atoms with E-state index in [1.165, 1.54) is 12.1 Å². The summed E-state index contributed by atoms with van der Waals surface area (Å²) in [6, 6.07) is 14.1. The highest BCUT2D eigenvalue weighted by atomic mass is 19.1. The summed E-state index contributed by atoms with van der Waals surface area (Å²) < 4.78 is 13.4. The van der Waals surface area contributed by atoms with Crippen LogP contribution in [0, 0.1) is 5.82 Å². The fourth-order valence-corrected chi connectivity index (χ4v) is 3.30. The first kappa shape index (κ1) is 15.6. The molecular weight excluding hydrogens is 317 g/mol. The number of aromatic nitrogens is 2. The molecule has 1 saturated heterocycles. The Morgan fingerprint density at radius 1 is 1.24 bits per heavy atom. The standard InChI is InChI=1S/C20H18FN3O/c21-15-9-10-16-17(13-15)23-20(22-16)18-7-4-12-24(18)19(25)11-8-14-5-2-1-3-6-14/h1-3,5-6,8-11,13,18H,4,7,12H2,(H,22,23)/b11-8+. The topological polar surface area (TPSA) is 49.0 Å². The Kier molecular flexibility index (Phi) is 4.06. The zero-order valence-corrected chi connectivity index (χ0v) is 13.7. The first-order valence-corrected chi connectivity index (χ1v) is 8.39. The minimum absolute atomic E-state index is 0.0296. The van der Waals surface area contributed by atoms with Crippen molar-refractivity contribution < 1.29 is 9.18 Å². The number of aromatic amines is 1. The monoisotopic (exact) mass is 335 g/mol. The van der Waals surface area contributed by atoms with Gasteiger partial charge in [-0.2, -0.15) is 0 Å². The normalized spacial score (nSPS) is 17.6. The third kappa shape index (κ3) is 3.18. The van der Waals surface area contributed by atoms with Gasteiger partial charge in [0.05, 0.1) is 17.1 Å². The lowest BCUT2D eigenvalue weighted by Crippen LogP contribution is -2.29. The smallest absolute Gasteiger partial charge is 0.247 e. The molecule has 1 aliphatic heterocycles. The molecule has 5 heteroatoms. The largest absolute Gasteiger partial charge is 0.340 e. The van der Waals surface area contributed by atoms with Crippen molar-refractivity contribution in [3.8, 4) is 0 Å². The van der Waals surface area contributed by atoms with Crippen molar-refractivity contribution in [2.24, 2.45) is 0 Å². The number of likely N-dealkylation sites (tertiary alicyclic amines) is 1. The number of benzene rings is 2. The summed E-state index contributed by atoms with van der Waals surface area (Å²) in [4.78, 5) is 22.2. The number of amides is 1. The number of carbonyl (C=O) groups is 1. The van der Waals surface area contributed by atoms with Gasteiger partial charge in [-0.05, 0) is 42.7 Å². The maximum absolute atomic E-state index is 13.4. The van der Waals surface area contributed by atoms with Crippen molar-refractivity contribution in [3.05, 3.63) is 71.8 Å². The van der Waals surface area contributed by atoms with Crippen LogP contribution >= 0.6 is 0 Å². The second-order valence-electron chi connectivity index (χ2n) is 6.22. The fraction of sp³-hybridized carbons (Fsp3) is 0.200. The molecule has 25 heavy (non-hydrogen) atoms. The SMILES string of the molecule is O=C(/C=C/c1ccccc1)N1CCCC1c1nc2ccc(F)cc2[nH]1. The van der Waals surface area contributed by atoms with Gasteiger partial charge in [-0.25, -0.2) is 9.37 Å². The maximum atomic E-state index is 13.4. The number of rotatable bonds is 3. The summed E-state index contributed by atoms with van der Waals surface area (Å²) in [5, 5.41) is 0. The summed E-state index contributed by atoms with van der Waals surface area (Å²) in [6.45, 7) is 0.702. The van der Waals surface area contributed by atoms with E-state index < -0.39 is 0 Å².